The third-order valence-corrected chi connectivity index (χ3v) is 5.86. The third-order valence-electron chi connectivity index (χ3n) is 4.47. The fourth-order valence-electron chi connectivity index (χ4n) is 3.96. The van der Waals surface area contributed by atoms with E-state index in [1.54, 1.807) is 15.3 Å². The molecule has 0 aromatic carbocycles. The van der Waals surface area contributed by atoms with Gasteiger partial charge in [0.1, 0.15) is 5.60 Å². The standard InChI is InChI=1S/C17H27NOS/c1-11(2)7-15-8-14-5-6-19-17(16(14)20-15)9-12(3)18-13(4)10-17/h8,11-13,18H,5-7,9-10H2,1-4H3/t12-,13+,17?. The number of ether oxygens (including phenoxy) is 1. The topological polar surface area (TPSA) is 21.3 Å². The quantitative estimate of drug-likeness (QED) is 0.893. The Balaban J connectivity index is 1.94. The lowest BCUT2D eigenvalue weighted by Gasteiger charge is -2.45. The summed E-state index contributed by atoms with van der Waals surface area (Å²) in [5.74, 6) is 0.734. The molecular formula is C17H27NOS. The monoisotopic (exact) mass is 293 g/mol. The molecule has 0 amide bonds. The van der Waals surface area contributed by atoms with E-state index in [0.717, 1.165) is 31.8 Å². The van der Waals surface area contributed by atoms with E-state index in [9.17, 15) is 0 Å². The first-order valence-electron chi connectivity index (χ1n) is 8.00. The summed E-state index contributed by atoms with van der Waals surface area (Å²) in [4.78, 5) is 3.09. The number of piperidine rings is 1. The van der Waals surface area contributed by atoms with E-state index < -0.39 is 0 Å². The molecule has 0 bridgehead atoms. The minimum Gasteiger partial charge on any atom is -0.369 e. The number of hydrogen-bond acceptors (Lipinski definition) is 3. The van der Waals surface area contributed by atoms with Crippen molar-refractivity contribution >= 4 is 11.3 Å². The maximum absolute atomic E-state index is 6.36. The second-order valence-electron chi connectivity index (χ2n) is 7.13. The predicted molar refractivity (Wildman–Crippen MR) is 85.5 cm³/mol. The van der Waals surface area contributed by atoms with Crippen LogP contribution in [0.15, 0.2) is 6.07 Å². The predicted octanol–water partition coefficient (Wildman–Crippen LogP) is 3.88. The lowest BCUT2D eigenvalue weighted by Crippen LogP contribution is -2.52. The molecule has 3 atom stereocenters. The van der Waals surface area contributed by atoms with E-state index >= 15 is 0 Å². The summed E-state index contributed by atoms with van der Waals surface area (Å²) in [6, 6.07) is 3.54. The maximum Gasteiger partial charge on any atom is 0.105 e. The Morgan fingerprint density at radius 2 is 2.05 bits per heavy atom. The summed E-state index contributed by atoms with van der Waals surface area (Å²) in [5.41, 5.74) is 1.57. The molecule has 0 aliphatic carbocycles. The molecule has 112 valence electrons. The Labute approximate surface area is 126 Å². The van der Waals surface area contributed by atoms with Crippen LogP contribution in [-0.4, -0.2) is 18.7 Å². The van der Waals surface area contributed by atoms with Crippen molar-refractivity contribution in [1.29, 1.82) is 0 Å². The lowest BCUT2D eigenvalue weighted by molar-refractivity contribution is -0.0932. The molecule has 20 heavy (non-hydrogen) atoms. The van der Waals surface area contributed by atoms with Crippen LogP contribution in [0.4, 0.5) is 0 Å². The summed E-state index contributed by atoms with van der Waals surface area (Å²) in [6.45, 7) is 10.1. The first-order chi connectivity index (χ1) is 9.48. The summed E-state index contributed by atoms with van der Waals surface area (Å²) in [6.07, 6.45) is 4.54. The molecule has 1 aromatic heterocycles. The molecule has 2 aliphatic heterocycles. The summed E-state index contributed by atoms with van der Waals surface area (Å²) >= 11 is 2.02. The lowest BCUT2D eigenvalue weighted by atomic mass is 9.80. The molecule has 0 radical (unpaired) electrons. The highest BCUT2D eigenvalue weighted by Gasteiger charge is 2.44. The zero-order valence-corrected chi connectivity index (χ0v) is 14.0. The number of fused-ring (bicyclic) bond motifs is 2. The van der Waals surface area contributed by atoms with Crippen molar-refractivity contribution in [3.63, 3.8) is 0 Å². The maximum atomic E-state index is 6.36. The average molecular weight is 293 g/mol. The van der Waals surface area contributed by atoms with E-state index in [-0.39, 0.29) is 5.60 Å². The van der Waals surface area contributed by atoms with Crippen LogP contribution in [0.1, 0.15) is 55.9 Å². The van der Waals surface area contributed by atoms with Crippen LogP contribution in [0.2, 0.25) is 0 Å². The first-order valence-corrected chi connectivity index (χ1v) is 8.82. The van der Waals surface area contributed by atoms with Crippen molar-refractivity contribution in [2.75, 3.05) is 6.61 Å². The summed E-state index contributed by atoms with van der Waals surface area (Å²) in [5, 5.41) is 3.65. The average Bonchev–Trinajstić information content (AvgIpc) is 2.70. The molecule has 2 nitrogen and oxygen atoms in total. The highest BCUT2D eigenvalue weighted by atomic mass is 32.1. The van der Waals surface area contributed by atoms with Crippen molar-refractivity contribution in [2.45, 2.75) is 71.1 Å². The zero-order valence-electron chi connectivity index (χ0n) is 13.2. The first kappa shape index (κ1) is 14.6. The molecule has 1 unspecified atom stereocenters. The van der Waals surface area contributed by atoms with E-state index in [2.05, 4.69) is 39.1 Å². The van der Waals surface area contributed by atoms with Gasteiger partial charge in [0.25, 0.3) is 0 Å². The minimum atomic E-state index is -0.00242. The van der Waals surface area contributed by atoms with Crippen LogP contribution < -0.4 is 5.32 Å². The molecule has 3 heteroatoms. The van der Waals surface area contributed by atoms with Crippen LogP contribution in [0, 0.1) is 5.92 Å². The molecule has 1 aromatic rings. The highest BCUT2D eigenvalue weighted by Crippen LogP contribution is 2.46. The molecule has 1 N–H and O–H groups in total. The Bertz CT molecular complexity index is 469. The van der Waals surface area contributed by atoms with Crippen LogP contribution in [0.3, 0.4) is 0 Å². The van der Waals surface area contributed by atoms with Gasteiger partial charge in [-0.3, -0.25) is 0 Å². The molecule has 1 fully saturated rings. The van der Waals surface area contributed by atoms with Gasteiger partial charge in [-0.1, -0.05) is 13.8 Å². The zero-order chi connectivity index (χ0) is 14.3. The van der Waals surface area contributed by atoms with Crippen molar-refractivity contribution in [1.82, 2.24) is 5.32 Å². The second kappa shape index (κ2) is 5.43. The second-order valence-corrected chi connectivity index (χ2v) is 8.27. The van der Waals surface area contributed by atoms with Gasteiger partial charge in [0, 0.05) is 21.8 Å². The fourth-order valence-corrected chi connectivity index (χ4v) is 5.55. The normalized spacial score (nSPS) is 33.6. The fraction of sp³-hybridized carbons (Fsp3) is 0.765. The summed E-state index contributed by atoms with van der Waals surface area (Å²) in [7, 11) is 0. The van der Waals surface area contributed by atoms with Crippen molar-refractivity contribution < 1.29 is 4.74 Å². The Morgan fingerprint density at radius 1 is 1.35 bits per heavy atom. The number of rotatable bonds is 2. The van der Waals surface area contributed by atoms with Gasteiger partial charge >= 0.3 is 0 Å². The van der Waals surface area contributed by atoms with Gasteiger partial charge in [-0.25, -0.2) is 0 Å². The van der Waals surface area contributed by atoms with E-state index in [0.29, 0.717) is 12.1 Å². The van der Waals surface area contributed by atoms with Gasteiger partial charge in [-0.05, 0) is 57.1 Å². The van der Waals surface area contributed by atoms with Gasteiger partial charge in [0.15, 0.2) is 0 Å². The van der Waals surface area contributed by atoms with Gasteiger partial charge in [-0.2, -0.15) is 0 Å². The number of thiophene rings is 1. The molecule has 1 spiro atoms. The van der Waals surface area contributed by atoms with Crippen molar-refractivity contribution in [3.8, 4) is 0 Å². The molecule has 0 saturated carbocycles. The summed E-state index contributed by atoms with van der Waals surface area (Å²) < 4.78 is 6.36. The van der Waals surface area contributed by atoms with Crippen LogP contribution in [-0.2, 0) is 23.2 Å². The van der Waals surface area contributed by atoms with Gasteiger partial charge in [0.05, 0.1) is 6.61 Å². The van der Waals surface area contributed by atoms with Crippen LogP contribution >= 0.6 is 11.3 Å². The van der Waals surface area contributed by atoms with Crippen molar-refractivity contribution in [3.05, 3.63) is 21.4 Å². The molecule has 2 aliphatic rings. The third kappa shape index (κ3) is 2.68. The van der Waals surface area contributed by atoms with E-state index in [1.165, 1.54) is 6.42 Å². The smallest absolute Gasteiger partial charge is 0.105 e. The Hall–Kier alpha value is -0.380. The van der Waals surface area contributed by atoms with Crippen LogP contribution in [0.25, 0.3) is 0 Å². The molecular weight excluding hydrogens is 266 g/mol. The molecule has 3 heterocycles. The molecule has 3 rings (SSSR count). The number of nitrogens with one attached hydrogen (secondary N) is 1. The molecule has 1 saturated heterocycles. The Kier molecular flexibility index (Phi) is 3.95. The number of hydrogen-bond donors (Lipinski definition) is 1. The Morgan fingerprint density at radius 3 is 2.70 bits per heavy atom. The highest BCUT2D eigenvalue weighted by molar-refractivity contribution is 7.12. The minimum absolute atomic E-state index is 0.00242. The van der Waals surface area contributed by atoms with E-state index in [4.69, 9.17) is 4.74 Å². The van der Waals surface area contributed by atoms with Gasteiger partial charge < -0.3 is 10.1 Å². The van der Waals surface area contributed by atoms with Crippen molar-refractivity contribution in [2.24, 2.45) is 5.92 Å². The van der Waals surface area contributed by atoms with Gasteiger partial charge in [0.2, 0.25) is 0 Å². The van der Waals surface area contributed by atoms with Crippen LogP contribution in [0.5, 0.6) is 0 Å². The van der Waals surface area contributed by atoms with E-state index in [1.807, 2.05) is 11.3 Å². The van der Waals surface area contributed by atoms with Gasteiger partial charge in [-0.15, -0.1) is 11.3 Å². The largest absolute Gasteiger partial charge is 0.369 e. The SMILES string of the molecule is CC(C)Cc1cc2c(s1)C1(C[C@@H](C)N[C@@H](C)C1)OCC2.